The molecule has 1 saturated heterocycles. The molecule has 242 valence electrons. The molecule has 5 aromatic rings. The van der Waals surface area contributed by atoms with Crippen LogP contribution < -0.4 is 15.5 Å². The maximum absolute atomic E-state index is 13.5. The Bertz CT molecular complexity index is 2040. The molecule has 0 bridgehead atoms. The van der Waals surface area contributed by atoms with Crippen LogP contribution in [0.2, 0.25) is 0 Å². The summed E-state index contributed by atoms with van der Waals surface area (Å²) in [5.41, 5.74) is 4.70. The number of ketones is 1. The van der Waals surface area contributed by atoms with Gasteiger partial charge in [-0.05, 0) is 90.4 Å². The monoisotopic (exact) mass is 665 g/mol. The van der Waals surface area contributed by atoms with Crippen LogP contribution in [0.4, 0.5) is 11.4 Å². The van der Waals surface area contributed by atoms with Gasteiger partial charge in [-0.1, -0.05) is 72.8 Å². The van der Waals surface area contributed by atoms with E-state index in [9.17, 15) is 24.0 Å². The van der Waals surface area contributed by atoms with Crippen molar-refractivity contribution in [3.63, 3.8) is 0 Å². The molecule has 0 saturated carbocycles. The van der Waals surface area contributed by atoms with Crippen molar-refractivity contribution in [1.82, 2.24) is 5.32 Å². The molecule has 2 N–H and O–H groups in total. The van der Waals surface area contributed by atoms with Gasteiger partial charge in [-0.25, -0.2) is 4.90 Å². The summed E-state index contributed by atoms with van der Waals surface area (Å²) in [6, 6.07) is 39.6. The summed E-state index contributed by atoms with van der Waals surface area (Å²) in [5.74, 6) is -1.68. The second-order valence-corrected chi connectivity index (χ2v) is 12.6. The van der Waals surface area contributed by atoms with Gasteiger partial charge in [0.25, 0.3) is 11.8 Å². The van der Waals surface area contributed by atoms with E-state index in [1.807, 2.05) is 60.7 Å². The molecule has 8 nitrogen and oxygen atoms in total. The number of nitrogens with one attached hydrogen (secondary N) is 2. The summed E-state index contributed by atoms with van der Waals surface area (Å²) < 4.78 is 0. The SMILES string of the molecule is CC(=O)c1ccc(N2C(=O)CC(Sc3ccc(NC(=O)/C(=C/c4ccc(-c5ccccc5)cc4)NC(=O)c4ccccc4)cc3)C2=O)cc1. The molecule has 1 fully saturated rings. The van der Waals surface area contributed by atoms with Gasteiger partial charge in [-0.2, -0.15) is 0 Å². The van der Waals surface area contributed by atoms with E-state index in [4.69, 9.17) is 0 Å². The lowest BCUT2D eigenvalue weighted by molar-refractivity contribution is -0.121. The summed E-state index contributed by atoms with van der Waals surface area (Å²) in [6.07, 6.45) is 1.66. The highest BCUT2D eigenvalue weighted by Crippen LogP contribution is 2.34. The van der Waals surface area contributed by atoms with Crippen LogP contribution in [-0.4, -0.2) is 34.7 Å². The number of imide groups is 1. The number of hydrogen-bond acceptors (Lipinski definition) is 6. The van der Waals surface area contributed by atoms with Crippen molar-refractivity contribution in [2.45, 2.75) is 23.5 Å². The molecule has 0 spiro atoms. The molecule has 0 aliphatic carbocycles. The molecule has 1 unspecified atom stereocenters. The van der Waals surface area contributed by atoms with Crippen LogP contribution in [0.5, 0.6) is 0 Å². The largest absolute Gasteiger partial charge is 0.321 e. The first-order chi connectivity index (χ1) is 23.7. The molecule has 9 heteroatoms. The fourth-order valence-corrected chi connectivity index (χ4v) is 6.36. The maximum atomic E-state index is 13.5. The number of nitrogens with zero attached hydrogens (tertiary/aromatic N) is 1. The minimum absolute atomic E-state index is 0.0397. The molecule has 1 aliphatic rings. The molecule has 1 heterocycles. The van der Waals surface area contributed by atoms with Crippen LogP contribution in [0.25, 0.3) is 17.2 Å². The Labute approximate surface area is 287 Å². The summed E-state index contributed by atoms with van der Waals surface area (Å²) >= 11 is 1.26. The van der Waals surface area contributed by atoms with Crippen molar-refractivity contribution in [3.8, 4) is 11.1 Å². The van der Waals surface area contributed by atoms with Crippen molar-refractivity contribution in [1.29, 1.82) is 0 Å². The van der Waals surface area contributed by atoms with Crippen LogP contribution in [0, 0.1) is 0 Å². The fourth-order valence-electron chi connectivity index (χ4n) is 5.30. The first-order valence-corrected chi connectivity index (χ1v) is 16.4. The second kappa shape index (κ2) is 14.8. The minimum Gasteiger partial charge on any atom is -0.321 e. The Balaban J connectivity index is 1.15. The lowest BCUT2D eigenvalue weighted by atomic mass is 10.0. The summed E-state index contributed by atoms with van der Waals surface area (Å²) in [5, 5.41) is 4.99. The number of Topliss-reactive ketones (excluding diaryl/α,β-unsaturated/α-hetero) is 1. The van der Waals surface area contributed by atoms with Crippen molar-refractivity contribution < 1.29 is 24.0 Å². The van der Waals surface area contributed by atoms with Gasteiger partial charge in [-0.3, -0.25) is 24.0 Å². The molecule has 6 rings (SSSR count). The van der Waals surface area contributed by atoms with Gasteiger partial charge < -0.3 is 10.6 Å². The van der Waals surface area contributed by atoms with Gasteiger partial charge in [-0.15, -0.1) is 11.8 Å². The predicted molar refractivity (Wildman–Crippen MR) is 192 cm³/mol. The average molecular weight is 666 g/mol. The van der Waals surface area contributed by atoms with E-state index in [1.165, 1.54) is 18.7 Å². The molecule has 4 amide bonds. The first kappa shape index (κ1) is 32.9. The Morgan fingerprint density at radius 3 is 1.96 bits per heavy atom. The summed E-state index contributed by atoms with van der Waals surface area (Å²) in [7, 11) is 0. The molecule has 49 heavy (non-hydrogen) atoms. The summed E-state index contributed by atoms with van der Waals surface area (Å²) in [6.45, 7) is 1.45. The molecule has 5 aromatic carbocycles. The van der Waals surface area contributed by atoms with Crippen molar-refractivity contribution in [2.24, 2.45) is 0 Å². The van der Waals surface area contributed by atoms with Gasteiger partial charge in [0.05, 0.1) is 10.9 Å². The molecule has 0 radical (unpaired) electrons. The Kier molecular flexibility index (Phi) is 9.92. The van der Waals surface area contributed by atoms with Gasteiger partial charge in [0.2, 0.25) is 11.8 Å². The Morgan fingerprint density at radius 1 is 0.714 bits per heavy atom. The smallest absolute Gasteiger partial charge is 0.272 e. The van der Waals surface area contributed by atoms with Crippen LogP contribution in [0.3, 0.4) is 0 Å². The van der Waals surface area contributed by atoms with E-state index in [0.29, 0.717) is 22.5 Å². The van der Waals surface area contributed by atoms with Crippen LogP contribution in [-0.2, 0) is 14.4 Å². The van der Waals surface area contributed by atoms with Gasteiger partial charge >= 0.3 is 0 Å². The van der Waals surface area contributed by atoms with E-state index >= 15 is 0 Å². The van der Waals surface area contributed by atoms with Crippen LogP contribution in [0.1, 0.15) is 39.6 Å². The number of rotatable bonds is 10. The van der Waals surface area contributed by atoms with E-state index in [1.54, 1.807) is 78.9 Å². The van der Waals surface area contributed by atoms with Crippen molar-refractivity contribution in [3.05, 3.63) is 156 Å². The number of thioether (sulfide) groups is 1. The lowest BCUT2D eigenvalue weighted by Gasteiger charge is -2.15. The van der Waals surface area contributed by atoms with Crippen LogP contribution in [0.15, 0.2) is 144 Å². The van der Waals surface area contributed by atoms with Crippen molar-refractivity contribution >= 4 is 58.6 Å². The fraction of sp³-hybridized carbons (Fsp3) is 0.0750. The third-order valence-electron chi connectivity index (χ3n) is 7.89. The van der Waals surface area contributed by atoms with Gasteiger partial charge in [0.15, 0.2) is 5.78 Å². The molecule has 1 atom stereocenters. The van der Waals surface area contributed by atoms with E-state index < -0.39 is 17.1 Å². The third kappa shape index (κ3) is 7.91. The molecule has 1 aliphatic heterocycles. The second-order valence-electron chi connectivity index (χ2n) is 11.3. The third-order valence-corrected chi connectivity index (χ3v) is 9.08. The van der Waals surface area contributed by atoms with E-state index in [-0.39, 0.29) is 29.7 Å². The minimum atomic E-state index is -0.614. The molecule has 0 aromatic heterocycles. The van der Waals surface area contributed by atoms with Crippen molar-refractivity contribution in [2.75, 3.05) is 10.2 Å². The highest BCUT2D eigenvalue weighted by atomic mass is 32.2. The number of carbonyl (C=O) groups excluding carboxylic acids is 5. The van der Waals surface area contributed by atoms with Crippen LogP contribution >= 0.6 is 11.8 Å². The zero-order chi connectivity index (χ0) is 34.3. The highest BCUT2D eigenvalue weighted by Gasteiger charge is 2.40. The standard InChI is InChI=1S/C40H31N3O5S/c1-26(44)28-16-20-33(21-17-28)43-37(45)25-36(40(43)48)49-34-22-18-32(19-23-34)41-39(47)35(42-38(46)31-10-6-3-7-11-31)24-27-12-14-30(15-13-27)29-8-4-2-5-9-29/h2-24,36H,25H2,1H3,(H,41,47)(H,42,46)/b35-24-. The summed E-state index contributed by atoms with van der Waals surface area (Å²) in [4.78, 5) is 66.0. The quantitative estimate of drug-likeness (QED) is 0.0914. The number of amides is 4. The molecular weight excluding hydrogens is 635 g/mol. The highest BCUT2D eigenvalue weighted by molar-refractivity contribution is 8.00. The van der Waals surface area contributed by atoms with Gasteiger partial charge in [0.1, 0.15) is 5.70 Å². The zero-order valence-electron chi connectivity index (χ0n) is 26.5. The Morgan fingerprint density at radius 2 is 1.33 bits per heavy atom. The number of hydrogen-bond donors (Lipinski definition) is 2. The van der Waals surface area contributed by atoms with E-state index in [0.717, 1.165) is 26.5 Å². The number of carbonyl (C=O) groups is 5. The zero-order valence-corrected chi connectivity index (χ0v) is 27.3. The normalized spacial score (nSPS) is 14.4. The van der Waals surface area contributed by atoms with E-state index in [2.05, 4.69) is 10.6 Å². The lowest BCUT2D eigenvalue weighted by Crippen LogP contribution is -2.31. The number of anilines is 2. The topological polar surface area (TPSA) is 113 Å². The first-order valence-electron chi connectivity index (χ1n) is 15.5. The average Bonchev–Trinajstić information content (AvgIpc) is 3.41. The van der Waals surface area contributed by atoms with Gasteiger partial charge in [0, 0.05) is 28.1 Å². The maximum Gasteiger partial charge on any atom is 0.272 e. The number of benzene rings is 5. The molecular formula is C40H31N3O5S. The predicted octanol–water partition coefficient (Wildman–Crippen LogP) is 7.39. The Hall–Kier alpha value is -6.06.